The van der Waals surface area contributed by atoms with E-state index in [1.165, 1.54) is 18.9 Å². The van der Waals surface area contributed by atoms with E-state index in [0.29, 0.717) is 18.2 Å². The molecule has 0 radical (unpaired) electrons. The van der Waals surface area contributed by atoms with Crippen LogP contribution in [0, 0.1) is 11.3 Å². The number of esters is 1. The lowest BCUT2D eigenvalue weighted by Crippen LogP contribution is -2.28. The van der Waals surface area contributed by atoms with Crippen molar-refractivity contribution >= 4 is 5.97 Å². The third kappa shape index (κ3) is 10.6. The van der Waals surface area contributed by atoms with E-state index in [1.54, 1.807) is 0 Å². The summed E-state index contributed by atoms with van der Waals surface area (Å²) >= 11 is 0. The molecule has 1 atom stereocenters. The standard InChI is InChI=1S/C23H28N2O2.C3H8.C2H6/c1-17(2)25(4)15-13-21(20-8-6-5-7-9-20)22-16-19(12-14-24)10-11-23(22)27-18(3)26;1-3-2;1-2/h5-11,16-17,21H,12-13,15H2,1-4H3;3H2,1-2H3;1-2H3. The number of hydrogen-bond acceptors (Lipinski definition) is 4. The Morgan fingerprint density at radius 3 is 2.19 bits per heavy atom. The summed E-state index contributed by atoms with van der Waals surface area (Å²) in [4.78, 5) is 13.9. The van der Waals surface area contributed by atoms with Gasteiger partial charge in [-0.1, -0.05) is 76.6 Å². The summed E-state index contributed by atoms with van der Waals surface area (Å²) in [6.07, 6.45) is 2.48. The molecule has 0 N–H and O–H groups in total. The van der Waals surface area contributed by atoms with Crippen LogP contribution in [-0.2, 0) is 11.2 Å². The highest BCUT2D eigenvalue weighted by Crippen LogP contribution is 2.35. The highest BCUT2D eigenvalue weighted by Gasteiger charge is 2.21. The second-order valence-corrected chi connectivity index (χ2v) is 7.83. The summed E-state index contributed by atoms with van der Waals surface area (Å²) < 4.78 is 5.50. The van der Waals surface area contributed by atoms with Crippen LogP contribution in [0.25, 0.3) is 0 Å². The van der Waals surface area contributed by atoms with E-state index in [4.69, 9.17) is 10.00 Å². The van der Waals surface area contributed by atoms with Crippen LogP contribution in [0.5, 0.6) is 5.75 Å². The summed E-state index contributed by atoms with van der Waals surface area (Å²) in [5.41, 5.74) is 3.07. The third-order valence-corrected chi connectivity index (χ3v) is 4.84. The number of carbonyl (C=O) groups is 1. The number of nitriles is 1. The van der Waals surface area contributed by atoms with Crippen molar-refractivity contribution in [1.29, 1.82) is 5.26 Å². The molecule has 2 rings (SSSR count). The van der Waals surface area contributed by atoms with Gasteiger partial charge in [-0.05, 0) is 51.1 Å². The highest BCUT2D eigenvalue weighted by atomic mass is 16.5. The SMILES string of the molecule is CC.CC(=O)Oc1ccc(CC#N)cc1C(CCN(C)C(C)C)c1ccccc1.CCC. The van der Waals surface area contributed by atoms with E-state index >= 15 is 0 Å². The summed E-state index contributed by atoms with van der Waals surface area (Å²) in [6.45, 7) is 14.9. The van der Waals surface area contributed by atoms with Crippen LogP contribution in [0.15, 0.2) is 48.5 Å². The van der Waals surface area contributed by atoms with Crippen LogP contribution in [-0.4, -0.2) is 30.5 Å². The molecule has 0 bridgehead atoms. The molecule has 4 heteroatoms. The first-order valence-electron chi connectivity index (χ1n) is 11.8. The highest BCUT2D eigenvalue weighted by molar-refractivity contribution is 5.70. The van der Waals surface area contributed by atoms with Gasteiger partial charge in [0, 0.05) is 24.4 Å². The average molecular weight is 439 g/mol. The van der Waals surface area contributed by atoms with Gasteiger partial charge in [-0.3, -0.25) is 4.79 Å². The molecule has 2 aromatic rings. The van der Waals surface area contributed by atoms with Crippen molar-refractivity contribution in [2.45, 2.75) is 79.7 Å². The molecule has 0 fully saturated rings. The second-order valence-electron chi connectivity index (χ2n) is 7.83. The van der Waals surface area contributed by atoms with Crippen LogP contribution < -0.4 is 4.74 Å². The maximum absolute atomic E-state index is 11.6. The summed E-state index contributed by atoms with van der Waals surface area (Å²) in [5.74, 6) is 0.320. The average Bonchev–Trinajstić information content (AvgIpc) is 2.78. The Balaban J connectivity index is 0.00000177. The number of hydrogen-bond donors (Lipinski definition) is 0. The predicted molar refractivity (Wildman–Crippen MR) is 135 cm³/mol. The van der Waals surface area contributed by atoms with E-state index in [9.17, 15) is 4.79 Å². The smallest absolute Gasteiger partial charge is 0.308 e. The van der Waals surface area contributed by atoms with E-state index in [2.05, 4.69) is 57.8 Å². The van der Waals surface area contributed by atoms with Gasteiger partial charge in [0.1, 0.15) is 5.75 Å². The number of nitrogens with zero attached hydrogens (tertiary/aromatic N) is 2. The van der Waals surface area contributed by atoms with Gasteiger partial charge in [0.15, 0.2) is 0 Å². The summed E-state index contributed by atoms with van der Waals surface area (Å²) in [5, 5.41) is 9.08. The molecule has 176 valence electrons. The van der Waals surface area contributed by atoms with Crippen molar-refractivity contribution in [3.63, 3.8) is 0 Å². The van der Waals surface area contributed by atoms with Crippen LogP contribution in [0.3, 0.4) is 0 Å². The largest absolute Gasteiger partial charge is 0.426 e. The number of ether oxygens (including phenoxy) is 1. The molecule has 0 aliphatic carbocycles. The first-order chi connectivity index (χ1) is 15.3. The number of benzene rings is 2. The third-order valence-electron chi connectivity index (χ3n) is 4.84. The Morgan fingerprint density at radius 2 is 1.69 bits per heavy atom. The zero-order chi connectivity index (χ0) is 24.5. The Morgan fingerprint density at radius 1 is 1.09 bits per heavy atom. The van der Waals surface area contributed by atoms with Gasteiger partial charge in [-0.2, -0.15) is 5.26 Å². The molecule has 0 aliphatic rings. The molecule has 32 heavy (non-hydrogen) atoms. The van der Waals surface area contributed by atoms with E-state index in [1.807, 2.05) is 50.2 Å². The predicted octanol–water partition coefficient (Wildman–Crippen LogP) is 6.98. The van der Waals surface area contributed by atoms with Crippen molar-refractivity contribution in [2.24, 2.45) is 0 Å². The van der Waals surface area contributed by atoms with Crippen molar-refractivity contribution in [2.75, 3.05) is 13.6 Å². The van der Waals surface area contributed by atoms with Crippen LogP contribution >= 0.6 is 0 Å². The first-order valence-corrected chi connectivity index (χ1v) is 11.8. The van der Waals surface area contributed by atoms with E-state index in [-0.39, 0.29) is 11.9 Å². The normalized spacial score (nSPS) is 10.9. The lowest BCUT2D eigenvalue weighted by molar-refractivity contribution is -0.131. The van der Waals surface area contributed by atoms with Crippen molar-refractivity contribution < 1.29 is 9.53 Å². The van der Waals surface area contributed by atoms with Gasteiger partial charge in [0.2, 0.25) is 0 Å². The lowest BCUT2D eigenvalue weighted by Gasteiger charge is -2.26. The molecule has 2 aromatic carbocycles. The Labute approximate surface area is 196 Å². The fourth-order valence-electron chi connectivity index (χ4n) is 3.10. The summed E-state index contributed by atoms with van der Waals surface area (Å²) in [6, 6.07) is 18.6. The molecule has 0 aromatic heterocycles. The monoisotopic (exact) mass is 438 g/mol. The van der Waals surface area contributed by atoms with E-state index < -0.39 is 0 Å². The number of rotatable bonds is 8. The van der Waals surface area contributed by atoms with Crippen molar-refractivity contribution in [1.82, 2.24) is 4.90 Å². The zero-order valence-electron chi connectivity index (χ0n) is 21.3. The minimum absolute atomic E-state index is 0.0837. The fraction of sp³-hybridized carbons (Fsp3) is 0.500. The molecule has 0 heterocycles. The van der Waals surface area contributed by atoms with Gasteiger partial charge in [-0.15, -0.1) is 0 Å². The zero-order valence-corrected chi connectivity index (χ0v) is 21.3. The maximum atomic E-state index is 11.6. The van der Waals surface area contributed by atoms with Crippen molar-refractivity contribution in [3.8, 4) is 11.8 Å². The molecule has 4 nitrogen and oxygen atoms in total. The van der Waals surface area contributed by atoms with Gasteiger partial charge < -0.3 is 9.64 Å². The Hall–Kier alpha value is -2.64. The Kier molecular flexibility index (Phi) is 15.6. The minimum Gasteiger partial charge on any atom is -0.426 e. The molecule has 1 unspecified atom stereocenters. The lowest BCUT2D eigenvalue weighted by atomic mass is 9.86. The van der Waals surface area contributed by atoms with Gasteiger partial charge in [0.25, 0.3) is 0 Å². The fourth-order valence-corrected chi connectivity index (χ4v) is 3.10. The quantitative estimate of drug-likeness (QED) is 0.329. The minimum atomic E-state index is -0.338. The van der Waals surface area contributed by atoms with Crippen LogP contribution in [0.1, 0.15) is 83.9 Å². The molecule has 0 spiro atoms. The second kappa shape index (κ2) is 17.0. The molecule has 0 amide bonds. The molecule has 0 aliphatic heterocycles. The molecule has 0 saturated heterocycles. The topological polar surface area (TPSA) is 53.3 Å². The molecular weight excluding hydrogens is 396 g/mol. The number of carbonyl (C=O) groups excluding carboxylic acids is 1. The maximum Gasteiger partial charge on any atom is 0.308 e. The molecule has 0 saturated carbocycles. The first kappa shape index (κ1) is 29.4. The Bertz CT molecular complexity index is 810. The molecular formula is C28H42N2O2. The van der Waals surface area contributed by atoms with E-state index in [0.717, 1.165) is 24.1 Å². The summed E-state index contributed by atoms with van der Waals surface area (Å²) in [7, 11) is 2.12. The van der Waals surface area contributed by atoms with Crippen LogP contribution in [0.4, 0.5) is 0 Å². The van der Waals surface area contributed by atoms with Crippen molar-refractivity contribution in [3.05, 3.63) is 65.2 Å². The van der Waals surface area contributed by atoms with Gasteiger partial charge >= 0.3 is 5.97 Å². The van der Waals surface area contributed by atoms with Gasteiger partial charge in [0.05, 0.1) is 12.5 Å². The van der Waals surface area contributed by atoms with Gasteiger partial charge in [-0.25, -0.2) is 0 Å². The van der Waals surface area contributed by atoms with Crippen LogP contribution in [0.2, 0.25) is 0 Å².